The summed E-state index contributed by atoms with van der Waals surface area (Å²) in [5.41, 5.74) is 1.25. The van der Waals surface area contributed by atoms with Gasteiger partial charge in [-0.1, -0.05) is 53.9 Å². The van der Waals surface area contributed by atoms with Crippen molar-refractivity contribution in [3.63, 3.8) is 0 Å². The molecule has 28 heavy (non-hydrogen) atoms. The maximum atomic E-state index is 6.02. The monoisotopic (exact) mass is 386 g/mol. The molecule has 0 bridgehead atoms. The molecular formula is C27H46O. The number of rotatable bonds is 5. The molecule has 1 nitrogen and oxygen atoms in total. The Labute approximate surface area is 174 Å². The van der Waals surface area contributed by atoms with Crippen molar-refractivity contribution in [1.29, 1.82) is 0 Å². The summed E-state index contributed by atoms with van der Waals surface area (Å²) in [6, 6.07) is 0. The van der Waals surface area contributed by atoms with E-state index in [2.05, 4.69) is 34.6 Å². The fourth-order valence-electron chi connectivity index (χ4n) is 9.54. The maximum Gasteiger partial charge on any atom is 0.0847 e. The van der Waals surface area contributed by atoms with Gasteiger partial charge in [-0.15, -0.1) is 0 Å². The second-order valence-corrected chi connectivity index (χ2v) is 12.8. The third-order valence-electron chi connectivity index (χ3n) is 11.1. The van der Waals surface area contributed by atoms with E-state index in [0.29, 0.717) is 23.0 Å². The zero-order valence-corrected chi connectivity index (χ0v) is 19.4. The van der Waals surface area contributed by atoms with Gasteiger partial charge in [-0.2, -0.15) is 0 Å². The Balaban J connectivity index is 1.30. The van der Waals surface area contributed by atoms with Crippen LogP contribution in [0, 0.1) is 52.3 Å². The number of hydrogen-bond acceptors (Lipinski definition) is 1. The molecule has 10 atom stereocenters. The molecule has 5 fully saturated rings. The molecule has 4 aliphatic carbocycles. The summed E-state index contributed by atoms with van der Waals surface area (Å²) in [6.07, 6.45) is 17.6. The first-order chi connectivity index (χ1) is 13.3. The zero-order valence-electron chi connectivity index (χ0n) is 19.4. The van der Waals surface area contributed by atoms with E-state index in [4.69, 9.17) is 4.74 Å². The van der Waals surface area contributed by atoms with Crippen LogP contribution in [0.3, 0.4) is 0 Å². The highest BCUT2D eigenvalue weighted by Gasteiger charge is 2.63. The van der Waals surface area contributed by atoms with Gasteiger partial charge in [0.2, 0.25) is 0 Å². The summed E-state index contributed by atoms with van der Waals surface area (Å²) in [5, 5.41) is 0. The van der Waals surface area contributed by atoms with Crippen LogP contribution in [-0.2, 0) is 4.74 Å². The van der Waals surface area contributed by atoms with E-state index in [9.17, 15) is 0 Å². The summed E-state index contributed by atoms with van der Waals surface area (Å²) in [5.74, 6) is 6.84. The van der Waals surface area contributed by atoms with Crippen molar-refractivity contribution in [3.05, 3.63) is 0 Å². The van der Waals surface area contributed by atoms with E-state index in [1.165, 1.54) is 64.2 Å². The fourth-order valence-corrected chi connectivity index (χ4v) is 9.54. The quantitative estimate of drug-likeness (QED) is 0.446. The Bertz CT molecular complexity index is 583. The molecule has 160 valence electrons. The second kappa shape index (κ2) is 7.00. The van der Waals surface area contributed by atoms with Crippen LogP contribution in [0.2, 0.25) is 0 Å². The third-order valence-corrected chi connectivity index (χ3v) is 11.1. The Hall–Kier alpha value is -0.0400. The van der Waals surface area contributed by atoms with E-state index < -0.39 is 0 Å². The molecule has 0 aromatic rings. The second-order valence-electron chi connectivity index (χ2n) is 12.8. The van der Waals surface area contributed by atoms with Crippen LogP contribution in [0.25, 0.3) is 0 Å². The topological polar surface area (TPSA) is 12.5 Å². The fraction of sp³-hybridized carbons (Fsp3) is 1.00. The van der Waals surface area contributed by atoms with E-state index >= 15 is 0 Å². The Morgan fingerprint density at radius 2 is 1.64 bits per heavy atom. The van der Waals surface area contributed by atoms with Gasteiger partial charge in [0.25, 0.3) is 0 Å². The number of fused-ring (bicyclic) bond motifs is 6. The molecule has 1 saturated heterocycles. The van der Waals surface area contributed by atoms with Crippen LogP contribution in [0.5, 0.6) is 0 Å². The zero-order chi connectivity index (χ0) is 19.7. The highest BCUT2D eigenvalue weighted by atomic mass is 16.6. The number of ether oxygens (including phenoxy) is 1. The summed E-state index contributed by atoms with van der Waals surface area (Å²) >= 11 is 0. The average molecular weight is 387 g/mol. The highest BCUT2D eigenvalue weighted by Crippen LogP contribution is 2.69. The average Bonchev–Trinajstić information content (AvgIpc) is 3.27. The van der Waals surface area contributed by atoms with Crippen LogP contribution >= 0.6 is 0 Å². The first-order valence-corrected chi connectivity index (χ1v) is 13.0. The van der Waals surface area contributed by atoms with Crippen molar-refractivity contribution in [3.8, 4) is 0 Å². The Morgan fingerprint density at radius 3 is 2.43 bits per heavy atom. The lowest BCUT2D eigenvalue weighted by atomic mass is 9.44. The SMILES string of the molecule is CC(C)CCC[C@H](C)[C@@H]1CC[C@@H]2[C@@H]3CC[C@H]4C[C@@H]5O[C@@H]5C[C@]4(C)[C@H]3CC[C@@]21C. The standard InChI is InChI=1S/C27H46O/c1-17(2)7-6-8-18(3)21-11-12-22-20-10-9-19-15-24-25(28-24)16-27(19,5)23(20)13-14-26(21,22)4/h17-25H,6-16H2,1-5H3/t18-,19-,20-,21-,22+,23-,24-,25+,26+,27-/m0/s1. The van der Waals surface area contributed by atoms with Crippen LogP contribution in [0.15, 0.2) is 0 Å². The predicted molar refractivity (Wildman–Crippen MR) is 117 cm³/mol. The van der Waals surface area contributed by atoms with Crippen molar-refractivity contribution < 1.29 is 4.74 Å². The molecule has 0 amide bonds. The molecule has 0 radical (unpaired) electrons. The molecular weight excluding hydrogens is 340 g/mol. The van der Waals surface area contributed by atoms with Crippen molar-refractivity contribution >= 4 is 0 Å². The molecule has 0 spiro atoms. The first-order valence-electron chi connectivity index (χ1n) is 13.0. The lowest BCUT2D eigenvalue weighted by molar-refractivity contribution is -0.110. The molecule has 5 aliphatic rings. The summed E-state index contributed by atoms with van der Waals surface area (Å²) in [6.45, 7) is 12.8. The summed E-state index contributed by atoms with van der Waals surface area (Å²) in [7, 11) is 0. The smallest absolute Gasteiger partial charge is 0.0847 e. The van der Waals surface area contributed by atoms with Gasteiger partial charge in [-0.25, -0.2) is 0 Å². The molecule has 4 saturated carbocycles. The van der Waals surface area contributed by atoms with Gasteiger partial charge >= 0.3 is 0 Å². The number of hydrogen-bond donors (Lipinski definition) is 0. The van der Waals surface area contributed by atoms with Gasteiger partial charge in [-0.05, 0) is 104 Å². The molecule has 5 rings (SSSR count). The molecule has 1 aliphatic heterocycles. The van der Waals surface area contributed by atoms with Crippen molar-refractivity contribution in [2.24, 2.45) is 52.3 Å². The van der Waals surface area contributed by atoms with E-state index in [1.807, 2.05) is 0 Å². The summed E-state index contributed by atoms with van der Waals surface area (Å²) < 4.78 is 6.02. The van der Waals surface area contributed by atoms with Crippen molar-refractivity contribution in [2.75, 3.05) is 0 Å². The van der Waals surface area contributed by atoms with Crippen molar-refractivity contribution in [2.45, 2.75) is 117 Å². The maximum absolute atomic E-state index is 6.02. The van der Waals surface area contributed by atoms with Crippen molar-refractivity contribution in [1.82, 2.24) is 0 Å². The first kappa shape index (κ1) is 19.9. The van der Waals surface area contributed by atoms with E-state index in [-0.39, 0.29) is 0 Å². The van der Waals surface area contributed by atoms with Crippen LogP contribution in [0.4, 0.5) is 0 Å². The van der Waals surface area contributed by atoms with E-state index in [1.54, 1.807) is 6.42 Å². The van der Waals surface area contributed by atoms with Gasteiger partial charge in [0.1, 0.15) is 0 Å². The minimum Gasteiger partial charge on any atom is -0.370 e. The summed E-state index contributed by atoms with van der Waals surface area (Å²) in [4.78, 5) is 0. The van der Waals surface area contributed by atoms with E-state index in [0.717, 1.165) is 41.4 Å². The normalized spacial score (nSPS) is 53.1. The Morgan fingerprint density at radius 1 is 0.857 bits per heavy atom. The Kier molecular flexibility index (Phi) is 4.97. The van der Waals surface area contributed by atoms with Gasteiger partial charge in [0.05, 0.1) is 12.2 Å². The molecule has 1 heterocycles. The van der Waals surface area contributed by atoms with Gasteiger partial charge in [0.15, 0.2) is 0 Å². The molecule has 1 heteroatoms. The predicted octanol–water partition coefficient (Wildman–Crippen LogP) is 7.49. The number of epoxide rings is 1. The highest BCUT2D eigenvalue weighted by molar-refractivity contribution is 5.12. The van der Waals surface area contributed by atoms with Crippen LogP contribution in [0.1, 0.15) is 105 Å². The van der Waals surface area contributed by atoms with Gasteiger partial charge in [-0.3, -0.25) is 0 Å². The lowest BCUT2D eigenvalue weighted by Crippen LogP contribution is -2.54. The third kappa shape index (κ3) is 3.04. The molecule has 0 aromatic carbocycles. The lowest BCUT2D eigenvalue weighted by Gasteiger charge is -2.60. The molecule has 0 aromatic heterocycles. The minimum atomic E-state index is 0.600. The molecule has 0 unspecified atom stereocenters. The van der Waals surface area contributed by atoms with Crippen LogP contribution in [-0.4, -0.2) is 12.2 Å². The van der Waals surface area contributed by atoms with Gasteiger partial charge < -0.3 is 4.74 Å². The van der Waals surface area contributed by atoms with Gasteiger partial charge in [0, 0.05) is 0 Å². The van der Waals surface area contributed by atoms with Crippen LogP contribution < -0.4 is 0 Å². The minimum absolute atomic E-state index is 0.600. The largest absolute Gasteiger partial charge is 0.370 e. The molecule has 0 N–H and O–H groups in total.